The van der Waals surface area contributed by atoms with Gasteiger partial charge in [0.1, 0.15) is 0 Å². The van der Waals surface area contributed by atoms with Crippen LogP contribution in [0.25, 0.3) is 0 Å². The Morgan fingerprint density at radius 2 is 2.21 bits per heavy atom. The van der Waals surface area contributed by atoms with Crippen LogP contribution >= 0.6 is 0 Å². The molecule has 1 rings (SSSR count). The van der Waals surface area contributed by atoms with E-state index in [0.717, 1.165) is 24.8 Å². The van der Waals surface area contributed by atoms with E-state index >= 15 is 0 Å². The van der Waals surface area contributed by atoms with E-state index in [4.69, 9.17) is 0 Å². The van der Waals surface area contributed by atoms with Crippen LogP contribution in [0.2, 0.25) is 0 Å². The van der Waals surface area contributed by atoms with Gasteiger partial charge < -0.3 is 4.57 Å². The molecule has 1 unspecified atom stereocenters. The lowest BCUT2D eigenvalue weighted by molar-refractivity contribution is 0.0909. The van der Waals surface area contributed by atoms with Crippen molar-refractivity contribution < 1.29 is 4.79 Å². The summed E-state index contributed by atoms with van der Waals surface area (Å²) >= 11 is 0. The molecule has 0 aromatic carbocycles. The molecule has 78 valence electrons. The molecule has 0 aliphatic heterocycles. The zero-order valence-corrected chi connectivity index (χ0v) is 9.29. The first-order valence-corrected chi connectivity index (χ1v) is 5.35. The summed E-state index contributed by atoms with van der Waals surface area (Å²) < 4.78 is 1.92. The highest BCUT2D eigenvalue weighted by atomic mass is 16.1. The van der Waals surface area contributed by atoms with Crippen LogP contribution in [0.4, 0.5) is 0 Å². The van der Waals surface area contributed by atoms with E-state index in [0.29, 0.717) is 5.78 Å². The van der Waals surface area contributed by atoms with Crippen LogP contribution in [0.1, 0.15) is 43.5 Å². The van der Waals surface area contributed by atoms with Gasteiger partial charge in [-0.05, 0) is 18.9 Å². The SMILES string of the molecule is CCCC(CC)C(=O)c1ccn(C)c1. The van der Waals surface area contributed by atoms with Gasteiger partial charge in [-0.3, -0.25) is 4.79 Å². The molecule has 0 amide bonds. The van der Waals surface area contributed by atoms with E-state index in [1.807, 2.05) is 30.1 Å². The summed E-state index contributed by atoms with van der Waals surface area (Å²) in [6.07, 6.45) is 6.86. The molecule has 1 aromatic heterocycles. The molecule has 0 aliphatic carbocycles. The number of ketones is 1. The molecule has 14 heavy (non-hydrogen) atoms. The van der Waals surface area contributed by atoms with Crippen molar-refractivity contribution in [3.8, 4) is 0 Å². The van der Waals surface area contributed by atoms with Crippen LogP contribution in [0, 0.1) is 5.92 Å². The molecule has 0 aliphatic rings. The zero-order chi connectivity index (χ0) is 10.6. The molecule has 1 heterocycles. The molecular weight excluding hydrogens is 174 g/mol. The average Bonchev–Trinajstić information content (AvgIpc) is 2.60. The maximum absolute atomic E-state index is 12.0. The summed E-state index contributed by atoms with van der Waals surface area (Å²) in [5.74, 6) is 0.511. The van der Waals surface area contributed by atoms with Crippen LogP contribution in [0.5, 0.6) is 0 Å². The zero-order valence-electron chi connectivity index (χ0n) is 9.29. The Hall–Kier alpha value is -1.05. The number of rotatable bonds is 5. The minimum atomic E-state index is 0.211. The molecule has 0 radical (unpaired) electrons. The predicted molar refractivity (Wildman–Crippen MR) is 58.4 cm³/mol. The van der Waals surface area contributed by atoms with E-state index < -0.39 is 0 Å². The van der Waals surface area contributed by atoms with Crippen LogP contribution in [-0.2, 0) is 7.05 Å². The lowest BCUT2D eigenvalue weighted by atomic mass is 9.93. The van der Waals surface area contributed by atoms with Crippen LogP contribution < -0.4 is 0 Å². The van der Waals surface area contributed by atoms with E-state index in [1.54, 1.807) is 0 Å². The molecule has 1 atom stereocenters. The maximum Gasteiger partial charge on any atom is 0.167 e. The largest absolute Gasteiger partial charge is 0.357 e. The third-order valence-corrected chi connectivity index (χ3v) is 2.62. The van der Waals surface area contributed by atoms with Gasteiger partial charge in [-0.15, -0.1) is 0 Å². The summed E-state index contributed by atoms with van der Waals surface area (Å²) in [5.41, 5.74) is 0.854. The Labute approximate surface area is 85.9 Å². The second-order valence-electron chi connectivity index (χ2n) is 3.82. The quantitative estimate of drug-likeness (QED) is 0.659. The second kappa shape index (κ2) is 4.99. The summed E-state index contributed by atoms with van der Waals surface area (Å²) in [7, 11) is 1.94. The van der Waals surface area contributed by atoms with E-state index in [-0.39, 0.29) is 5.92 Å². The van der Waals surface area contributed by atoms with Gasteiger partial charge in [0, 0.05) is 30.9 Å². The van der Waals surface area contributed by atoms with Crippen molar-refractivity contribution in [2.45, 2.75) is 33.1 Å². The molecule has 1 aromatic rings. The van der Waals surface area contributed by atoms with E-state index in [2.05, 4.69) is 13.8 Å². The number of carbonyl (C=O) groups excluding carboxylic acids is 1. The molecule has 0 bridgehead atoms. The van der Waals surface area contributed by atoms with Crippen LogP contribution in [0.15, 0.2) is 18.5 Å². The van der Waals surface area contributed by atoms with E-state index in [1.165, 1.54) is 0 Å². The molecular formula is C12H19NO. The molecule has 0 spiro atoms. The number of aryl methyl sites for hydroxylation is 1. The number of hydrogen-bond acceptors (Lipinski definition) is 1. The minimum absolute atomic E-state index is 0.211. The highest BCUT2D eigenvalue weighted by Gasteiger charge is 2.17. The van der Waals surface area contributed by atoms with Gasteiger partial charge in [-0.1, -0.05) is 20.3 Å². The van der Waals surface area contributed by atoms with Gasteiger partial charge in [-0.25, -0.2) is 0 Å². The monoisotopic (exact) mass is 193 g/mol. The lowest BCUT2D eigenvalue weighted by Crippen LogP contribution is -2.13. The maximum atomic E-state index is 12.0. The first-order valence-electron chi connectivity index (χ1n) is 5.35. The topological polar surface area (TPSA) is 22.0 Å². The number of Topliss-reactive ketones (excluding diaryl/α,β-unsaturated/α-hetero) is 1. The molecule has 2 nitrogen and oxygen atoms in total. The molecule has 0 N–H and O–H groups in total. The predicted octanol–water partition coefficient (Wildman–Crippen LogP) is 3.03. The van der Waals surface area contributed by atoms with Gasteiger partial charge in [0.2, 0.25) is 0 Å². The Morgan fingerprint density at radius 3 is 2.64 bits per heavy atom. The smallest absolute Gasteiger partial charge is 0.167 e. The van der Waals surface area contributed by atoms with Gasteiger partial charge in [0.15, 0.2) is 5.78 Å². The van der Waals surface area contributed by atoms with Crippen LogP contribution in [-0.4, -0.2) is 10.4 Å². The molecule has 0 fully saturated rings. The molecule has 0 saturated carbocycles. The fourth-order valence-corrected chi connectivity index (χ4v) is 1.75. The fraction of sp³-hybridized carbons (Fsp3) is 0.583. The van der Waals surface area contributed by atoms with Gasteiger partial charge in [0.05, 0.1) is 0 Å². The highest BCUT2D eigenvalue weighted by molar-refractivity contribution is 5.97. The first kappa shape index (κ1) is 11.0. The first-order chi connectivity index (χ1) is 6.69. The normalized spacial score (nSPS) is 12.8. The highest BCUT2D eigenvalue weighted by Crippen LogP contribution is 2.17. The minimum Gasteiger partial charge on any atom is -0.357 e. The van der Waals surface area contributed by atoms with Gasteiger partial charge in [0.25, 0.3) is 0 Å². The summed E-state index contributed by atoms with van der Waals surface area (Å²) in [6, 6.07) is 1.90. The molecule has 2 heteroatoms. The summed E-state index contributed by atoms with van der Waals surface area (Å²) in [6.45, 7) is 4.21. The van der Waals surface area contributed by atoms with E-state index in [9.17, 15) is 4.79 Å². The Balaban J connectivity index is 2.72. The lowest BCUT2D eigenvalue weighted by Gasteiger charge is -2.10. The number of carbonyl (C=O) groups is 1. The fourth-order valence-electron chi connectivity index (χ4n) is 1.75. The standard InChI is InChI=1S/C12H19NO/c1-4-6-10(5-2)12(14)11-7-8-13(3)9-11/h7-10H,4-6H2,1-3H3. The molecule has 0 saturated heterocycles. The van der Waals surface area contributed by atoms with Crippen molar-refractivity contribution in [1.82, 2.24) is 4.57 Å². The van der Waals surface area contributed by atoms with Crippen LogP contribution in [0.3, 0.4) is 0 Å². The summed E-state index contributed by atoms with van der Waals surface area (Å²) in [5, 5.41) is 0. The van der Waals surface area contributed by atoms with Crippen molar-refractivity contribution in [2.75, 3.05) is 0 Å². The Kier molecular flexibility index (Phi) is 3.93. The third kappa shape index (κ3) is 2.47. The number of aromatic nitrogens is 1. The van der Waals surface area contributed by atoms with Gasteiger partial charge in [-0.2, -0.15) is 0 Å². The van der Waals surface area contributed by atoms with Gasteiger partial charge >= 0.3 is 0 Å². The number of nitrogens with zero attached hydrogens (tertiary/aromatic N) is 1. The second-order valence-corrected chi connectivity index (χ2v) is 3.82. The van der Waals surface area contributed by atoms with Crippen molar-refractivity contribution >= 4 is 5.78 Å². The summed E-state index contributed by atoms with van der Waals surface area (Å²) in [4.78, 5) is 12.0. The number of hydrogen-bond donors (Lipinski definition) is 0. The van der Waals surface area contributed by atoms with Crippen molar-refractivity contribution in [3.05, 3.63) is 24.0 Å². The Bertz CT molecular complexity index is 301. The third-order valence-electron chi connectivity index (χ3n) is 2.62. The van der Waals surface area contributed by atoms with Crippen molar-refractivity contribution in [1.29, 1.82) is 0 Å². The average molecular weight is 193 g/mol. The Morgan fingerprint density at radius 1 is 1.50 bits per heavy atom. The van der Waals surface area contributed by atoms with Crippen molar-refractivity contribution in [3.63, 3.8) is 0 Å². The van der Waals surface area contributed by atoms with Crippen molar-refractivity contribution in [2.24, 2.45) is 13.0 Å².